The van der Waals surface area contributed by atoms with E-state index in [1.807, 2.05) is 24.3 Å². The average molecular weight is 230 g/mol. The zero-order valence-electron chi connectivity index (χ0n) is 9.39. The van der Waals surface area contributed by atoms with Crippen molar-refractivity contribution >= 4 is 16.9 Å². The molecule has 0 saturated heterocycles. The van der Waals surface area contributed by atoms with Gasteiger partial charge < -0.3 is 4.74 Å². The number of nitrogens with zero attached hydrogens (tertiary/aromatic N) is 2. The minimum atomic E-state index is 0.345. The zero-order chi connectivity index (χ0) is 12.1. The largest absolute Gasteiger partial charge is 0.477 e. The van der Waals surface area contributed by atoms with Gasteiger partial charge in [-0.2, -0.15) is 4.98 Å². The van der Waals surface area contributed by atoms with E-state index < -0.39 is 0 Å². The first kappa shape index (κ1) is 11.3. The highest BCUT2D eigenvalue weighted by Crippen LogP contribution is 2.23. The van der Waals surface area contributed by atoms with Crippen LogP contribution in [0.15, 0.2) is 36.9 Å². The van der Waals surface area contributed by atoms with E-state index in [9.17, 15) is 0 Å². The lowest BCUT2D eigenvalue weighted by molar-refractivity contribution is 0.316. The van der Waals surface area contributed by atoms with Crippen LogP contribution in [-0.2, 0) is 0 Å². The third-order valence-corrected chi connectivity index (χ3v) is 2.26. The fourth-order valence-corrected chi connectivity index (χ4v) is 1.46. The summed E-state index contributed by atoms with van der Waals surface area (Å²) in [7, 11) is 0. The van der Waals surface area contributed by atoms with Gasteiger partial charge in [-0.15, -0.1) is 6.58 Å². The molecule has 0 bridgehead atoms. The Morgan fingerprint density at radius 2 is 2.18 bits per heavy atom. The van der Waals surface area contributed by atoms with Crippen LogP contribution in [0.3, 0.4) is 0 Å². The molecule has 0 atom stereocenters. The highest BCUT2D eigenvalue weighted by molar-refractivity contribution is 5.84. The first-order valence-electron chi connectivity index (χ1n) is 5.32. The van der Waals surface area contributed by atoms with Gasteiger partial charge in [-0.3, -0.25) is 5.43 Å². The number of nitrogen functional groups attached to an aromatic ring is 1. The summed E-state index contributed by atoms with van der Waals surface area (Å²) >= 11 is 0. The lowest BCUT2D eigenvalue weighted by Crippen LogP contribution is -2.11. The summed E-state index contributed by atoms with van der Waals surface area (Å²) in [5.74, 6) is 6.20. The molecule has 2 rings (SSSR count). The van der Waals surface area contributed by atoms with E-state index in [1.165, 1.54) is 0 Å². The Morgan fingerprint density at radius 3 is 2.94 bits per heavy atom. The first-order valence-corrected chi connectivity index (χ1v) is 5.32. The van der Waals surface area contributed by atoms with Crippen molar-refractivity contribution in [2.45, 2.75) is 6.42 Å². The smallest absolute Gasteiger partial charge is 0.241 e. The van der Waals surface area contributed by atoms with Crippen LogP contribution >= 0.6 is 0 Å². The molecule has 1 aromatic carbocycles. The third-order valence-electron chi connectivity index (χ3n) is 2.26. The number of hydrogen-bond acceptors (Lipinski definition) is 5. The zero-order valence-corrected chi connectivity index (χ0v) is 9.39. The van der Waals surface area contributed by atoms with E-state index in [-0.39, 0.29) is 0 Å². The third kappa shape index (κ3) is 2.51. The molecule has 1 heterocycles. The molecule has 1 aromatic heterocycles. The maximum absolute atomic E-state index is 5.58. The number of benzene rings is 1. The van der Waals surface area contributed by atoms with Crippen molar-refractivity contribution in [1.82, 2.24) is 9.97 Å². The molecule has 17 heavy (non-hydrogen) atoms. The van der Waals surface area contributed by atoms with Gasteiger partial charge in [0.1, 0.15) is 0 Å². The molecule has 0 amide bonds. The Morgan fingerprint density at radius 1 is 1.35 bits per heavy atom. The van der Waals surface area contributed by atoms with Gasteiger partial charge in [0.2, 0.25) is 11.8 Å². The van der Waals surface area contributed by atoms with Gasteiger partial charge in [0.05, 0.1) is 17.5 Å². The van der Waals surface area contributed by atoms with Crippen molar-refractivity contribution in [1.29, 1.82) is 0 Å². The number of anilines is 1. The predicted octanol–water partition coefficient (Wildman–Crippen LogP) is 1.87. The number of aromatic nitrogens is 2. The highest BCUT2D eigenvalue weighted by atomic mass is 16.5. The second kappa shape index (κ2) is 5.27. The number of ether oxygens (including phenoxy) is 1. The Balaban J connectivity index is 2.39. The van der Waals surface area contributed by atoms with Crippen molar-refractivity contribution < 1.29 is 4.74 Å². The summed E-state index contributed by atoms with van der Waals surface area (Å²) < 4.78 is 5.58. The molecule has 5 heteroatoms. The van der Waals surface area contributed by atoms with Gasteiger partial charge in [-0.25, -0.2) is 10.8 Å². The van der Waals surface area contributed by atoms with Crippen LogP contribution in [0.2, 0.25) is 0 Å². The molecule has 2 aromatic rings. The molecule has 0 aliphatic carbocycles. The highest BCUT2D eigenvalue weighted by Gasteiger charge is 2.07. The van der Waals surface area contributed by atoms with Crippen LogP contribution in [-0.4, -0.2) is 16.6 Å². The van der Waals surface area contributed by atoms with Crippen LogP contribution in [0, 0.1) is 0 Å². The van der Waals surface area contributed by atoms with Crippen molar-refractivity contribution in [3.63, 3.8) is 0 Å². The van der Waals surface area contributed by atoms with Crippen LogP contribution in [0.5, 0.6) is 5.88 Å². The molecular weight excluding hydrogens is 216 g/mol. The lowest BCUT2D eigenvalue weighted by Gasteiger charge is -2.08. The minimum Gasteiger partial charge on any atom is -0.477 e. The van der Waals surface area contributed by atoms with Crippen molar-refractivity contribution in [2.24, 2.45) is 5.84 Å². The van der Waals surface area contributed by atoms with Gasteiger partial charge in [-0.05, 0) is 18.6 Å². The van der Waals surface area contributed by atoms with E-state index in [2.05, 4.69) is 22.0 Å². The number of hydrogen-bond donors (Lipinski definition) is 2. The summed E-state index contributed by atoms with van der Waals surface area (Å²) in [6.07, 6.45) is 2.56. The standard InChI is InChI=1S/C12H14N4O/c1-2-3-8-17-11-9-6-4-5-7-10(9)14-12(15-11)16-13/h2,4-7H,1,3,8,13H2,(H,14,15,16). The molecule has 0 fully saturated rings. The normalized spacial score (nSPS) is 10.2. The Hall–Kier alpha value is -2.14. The summed E-state index contributed by atoms with van der Waals surface area (Å²) in [5, 5.41) is 0.871. The number of rotatable bonds is 5. The topological polar surface area (TPSA) is 73.1 Å². The summed E-state index contributed by atoms with van der Waals surface area (Å²) in [6, 6.07) is 7.63. The fraction of sp³-hybridized carbons (Fsp3) is 0.167. The van der Waals surface area contributed by atoms with Crippen molar-refractivity contribution in [2.75, 3.05) is 12.0 Å². The SMILES string of the molecule is C=CCCOc1nc(NN)nc2ccccc12. The maximum atomic E-state index is 5.58. The Kier molecular flexibility index (Phi) is 3.52. The number of nitrogens with one attached hydrogen (secondary N) is 1. The number of nitrogens with two attached hydrogens (primary N) is 1. The Bertz CT molecular complexity index is 527. The molecule has 0 aliphatic heterocycles. The summed E-state index contributed by atoms with van der Waals surface area (Å²) in [4.78, 5) is 8.42. The first-order chi connectivity index (χ1) is 8.35. The quantitative estimate of drug-likeness (QED) is 0.355. The van der Waals surface area contributed by atoms with Crippen molar-refractivity contribution in [3.8, 4) is 5.88 Å². The molecule has 0 aliphatic rings. The molecule has 0 spiro atoms. The van der Waals surface area contributed by atoms with E-state index in [1.54, 1.807) is 6.08 Å². The second-order valence-corrected chi connectivity index (χ2v) is 3.44. The number of para-hydroxylation sites is 1. The van der Waals surface area contributed by atoms with Crippen molar-refractivity contribution in [3.05, 3.63) is 36.9 Å². The van der Waals surface area contributed by atoms with E-state index in [4.69, 9.17) is 10.6 Å². The van der Waals surface area contributed by atoms with E-state index in [0.717, 1.165) is 17.3 Å². The average Bonchev–Trinajstić information content (AvgIpc) is 2.38. The van der Waals surface area contributed by atoms with Crippen LogP contribution in [0.4, 0.5) is 5.95 Å². The minimum absolute atomic E-state index is 0.345. The van der Waals surface area contributed by atoms with Gasteiger partial charge in [0.15, 0.2) is 0 Å². The van der Waals surface area contributed by atoms with Crippen LogP contribution in [0.1, 0.15) is 6.42 Å². The van der Waals surface area contributed by atoms with Gasteiger partial charge >= 0.3 is 0 Å². The van der Waals surface area contributed by atoms with Crippen LogP contribution < -0.4 is 16.0 Å². The molecular formula is C12H14N4O. The molecule has 3 N–H and O–H groups in total. The van der Waals surface area contributed by atoms with Gasteiger partial charge in [0, 0.05) is 0 Å². The molecule has 0 radical (unpaired) electrons. The predicted molar refractivity (Wildman–Crippen MR) is 67.7 cm³/mol. The van der Waals surface area contributed by atoms with E-state index in [0.29, 0.717) is 18.4 Å². The van der Waals surface area contributed by atoms with Crippen LogP contribution in [0.25, 0.3) is 10.9 Å². The molecule has 5 nitrogen and oxygen atoms in total. The number of hydrazine groups is 1. The van der Waals surface area contributed by atoms with Gasteiger partial charge in [0.25, 0.3) is 0 Å². The Labute approximate surface area is 99.3 Å². The van der Waals surface area contributed by atoms with E-state index >= 15 is 0 Å². The molecule has 0 unspecified atom stereocenters. The van der Waals surface area contributed by atoms with Gasteiger partial charge in [-0.1, -0.05) is 18.2 Å². The second-order valence-electron chi connectivity index (χ2n) is 3.44. The monoisotopic (exact) mass is 230 g/mol. The molecule has 0 saturated carbocycles. The summed E-state index contributed by atoms with van der Waals surface area (Å²) in [6.45, 7) is 4.18. The summed E-state index contributed by atoms with van der Waals surface area (Å²) in [5.41, 5.74) is 3.22. The fourth-order valence-electron chi connectivity index (χ4n) is 1.46. The molecule has 88 valence electrons. The lowest BCUT2D eigenvalue weighted by atomic mass is 10.2. The number of fused-ring (bicyclic) bond motifs is 1. The maximum Gasteiger partial charge on any atom is 0.241 e.